The molecule has 38 heavy (non-hydrogen) atoms. The number of aromatic nitrogens is 5. The van der Waals surface area contributed by atoms with Gasteiger partial charge in [0.25, 0.3) is 0 Å². The van der Waals surface area contributed by atoms with E-state index in [1.165, 1.54) is 0 Å². The zero-order valence-electron chi connectivity index (χ0n) is 21.4. The van der Waals surface area contributed by atoms with E-state index in [1.807, 2.05) is 67.6 Å². The minimum atomic E-state index is -0.756. The summed E-state index contributed by atoms with van der Waals surface area (Å²) in [5.74, 6) is 1.25. The number of pyridine rings is 2. The van der Waals surface area contributed by atoms with Gasteiger partial charge in [0.1, 0.15) is 18.2 Å². The largest absolute Gasteiger partial charge is 0.489 e. The quantitative estimate of drug-likeness (QED) is 0.320. The summed E-state index contributed by atoms with van der Waals surface area (Å²) >= 11 is 0. The lowest BCUT2D eigenvalue weighted by Gasteiger charge is -2.27. The van der Waals surface area contributed by atoms with Gasteiger partial charge in [-0.25, -0.2) is 9.67 Å². The molecule has 0 saturated heterocycles. The number of ether oxygens (including phenoxy) is 2. The normalized spacial score (nSPS) is 17.1. The van der Waals surface area contributed by atoms with Gasteiger partial charge in [-0.05, 0) is 56.4 Å². The molecule has 1 aliphatic rings. The molecule has 0 amide bonds. The van der Waals surface area contributed by atoms with E-state index in [1.54, 1.807) is 11.7 Å². The first-order chi connectivity index (χ1) is 18.5. The molecule has 0 spiro atoms. The topological polar surface area (TPSA) is 124 Å². The number of carboxylic acids is 1. The highest BCUT2D eigenvalue weighted by atomic mass is 16.5. The third-order valence-corrected chi connectivity index (χ3v) is 6.58. The van der Waals surface area contributed by atoms with Gasteiger partial charge in [0.15, 0.2) is 11.5 Å². The van der Waals surface area contributed by atoms with Crippen LogP contribution in [0.2, 0.25) is 0 Å². The minimum absolute atomic E-state index is 0.132. The van der Waals surface area contributed by atoms with Gasteiger partial charge in [-0.3, -0.25) is 4.79 Å². The first kappa shape index (κ1) is 25.2. The summed E-state index contributed by atoms with van der Waals surface area (Å²) in [7, 11) is 1.79. The van der Waals surface area contributed by atoms with E-state index in [9.17, 15) is 9.90 Å². The third kappa shape index (κ3) is 5.91. The van der Waals surface area contributed by atoms with E-state index in [2.05, 4.69) is 20.6 Å². The molecule has 4 aromatic rings. The van der Waals surface area contributed by atoms with Crippen LogP contribution in [0.5, 0.6) is 11.6 Å². The van der Waals surface area contributed by atoms with Crippen molar-refractivity contribution in [1.29, 1.82) is 0 Å². The Morgan fingerprint density at radius 1 is 1.08 bits per heavy atom. The summed E-state index contributed by atoms with van der Waals surface area (Å²) in [5, 5.41) is 21.2. The predicted molar refractivity (Wildman–Crippen MR) is 141 cm³/mol. The molecule has 10 heteroatoms. The lowest BCUT2D eigenvalue weighted by atomic mass is 9.87. The van der Waals surface area contributed by atoms with Crippen molar-refractivity contribution in [3.05, 3.63) is 71.9 Å². The van der Waals surface area contributed by atoms with Crippen molar-refractivity contribution in [2.75, 3.05) is 5.32 Å². The highest BCUT2D eigenvalue weighted by Gasteiger charge is 2.28. The average molecular weight is 515 g/mol. The van der Waals surface area contributed by atoms with Crippen LogP contribution in [0.25, 0.3) is 11.4 Å². The Kier molecular flexibility index (Phi) is 7.48. The molecule has 1 aromatic carbocycles. The van der Waals surface area contributed by atoms with E-state index in [-0.39, 0.29) is 12.0 Å². The molecule has 2 N–H and O–H groups in total. The predicted octanol–water partition coefficient (Wildman–Crippen LogP) is 4.93. The molecular formula is C28H30N6O4. The number of carbonyl (C=O) groups is 1. The maximum atomic E-state index is 11.4. The van der Waals surface area contributed by atoms with E-state index in [0.717, 1.165) is 18.4 Å². The molecular weight excluding hydrogens is 484 g/mol. The van der Waals surface area contributed by atoms with E-state index < -0.39 is 5.97 Å². The first-order valence-corrected chi connectivity index (χ1v) is 12.6. The van der Waals surface area contributed by atoms with Crippen molar-refractivity contribution < 1.29 is 19.4 Å². The van der Waals surface area contributed by atoms with Crippen LogP contribution in [0.4, 0.5) is 11.6 Å². The number of aryl methyl sites for hydroxylation is 2. The zero-order chi connectivity index (χ0) is 26.5. The number of rotatable bonds is 9. The van der Waals surface area contributed by atoms with Crippen LogP contribution in [0.3, 0.4) is 0 Å². The molecule has 3 heterocycles. The molecule has 2 atom stereocenters. The van der Waals surface area contributed by atoms with Gasteiger partial charge in [0, 0.05) is 13.1 Å². The van der Waals surface area contributed by atoms with Crippen molar-refractivity contribution in [3.63, 3.8) is 0 Å². The van der Waals surface area contributed by atoms with Gasteiger partial charge in [-0.15, -0.1) is 5.10 Å². The van der Waals surface area contributed by atoms with Gasteiger partial charge < -0.3 is 19.9 Å². The molecule has 10 nitrogen and oxygen atoms in total. The molecule has 1 saturated carbocycles. The van der Waals surface area contributed by atoms with Crippen LogP contribution >= 0.6 is 0 Å². The van der Waals surface area contributed by atoms with Crippen molar-refractivity contribution >= 4 is 17.6 Å². The number of aliphatic carboxylic acids is 1. The number of anilines is 2. The van der Waals surface area contributed by atoms with Crippen molar-refractivity contribution in [2.24, 2.45) is 13.0 Å². The molecule has 5 rings (SSSR count). The zero-order valence-corrected chi connectivity index (χ0v) is 21.4. The van der Waals surface area contributed by atoms with E-state index >= 15 is 0 Å². The molecule has 0 radical (unpaired) electrons. The van der Waals surface area contributed by atoms with Gasteiger partial charge in [-0.1, -0.05) is 41.6 Å². The van der Waals surface area contributed by atoms with Crippen molar-refractivity contribution in [3.8, 4) is 23.0 Å². The summed E-state index contributed by atoms with van der Waals surface area (Å²) in [4.78, 5) is 20.7. The van der Waals surface area contributed by atoms with Crippen LogP contribution in [-0.2, 0) is 18.4 Å². The summed E-state index contributed by atoms with van der Waals surface area (Å²) in [6.07, 6.45) is 2.76. The smallest absolute Gasteiger partial charge is 0.306 e. The molecule has 0 bridgehead atoms. The Labute approximate surface area is 220 Å². The second-order valence-electron chi connectivity index (χ2n) is 9.39. The third-order valence-electron chi connectivity index (χ3n) is 6.58. The van der Waals surface area contributed by atoms with Crippen LogP contribution in [0.1, 0.15) is 36.9 Å². The first-order valence-electron chi connectivity index (χ1n) is 12.6. The molecule has 1 aliphatic carbocycles. The Balaban J connectivity index is 1.29. The maximum Gasteiger partial charge on any atom is 0.306 e. The van der Waals surface area contributed by atoms with Gasteiger partial charge in [-0.2, -0.15) is 4.98 Å². The molecule has 0 aliphatic heterocycles. The number of hydrogen-bond donors (Lipinski definition) is 2. The van der Waals surface area contributed by atoms with Gasteiger partial charge in [0.05, 0.1) is 23.4 Å². The van der Waals surface area contributed by atoms with Gasteiger partial charge in [0.2, 0.25) is 5.88 Å². The fraction of sp³-hybridized carbons (Fsp3) is 0.321. The number of carboxylic acid groups (broad SMARTS) is 1. The van der Waals surface area contributed by atoms with Crippen molar-refractivity contribution in [1.82, 2.24) is 25.0 Å². The minimum Gasteiger partial charge on any atom is -0.489 e. The highest BCUT2D eigenvalue weighted by Crippen LogP contribution is 2.32. The van der Waals surface area contributed by atoms with E-state index in [0.29, 0.717) is 59.8 Å². The molecule has 3 aromatic heterocycles. The fourth-order valence-corrected chi connectivity index (χ4v) is 4.55. The SMILES string of the molecule is Cc1nc(-c2nnn(C)c2Nc2cccc(OCc3ccccc3)n2)ccc1O[C@H]1CCC[C@H](C(=O)O)C1. The van der Waals surface area contributed by atoms with Crippen LogP contribution < -0.4 is 14.8 Å². The lowest BCUT2D eigenvalue weighted by molar-refractivity contribution is -0.143. The fourth-order valence-electron chi connectivity index (χ4n) is 4.55. The Hall–Kier alpha value is -4.47. The molecule has 1 fully saturated rings. The van der Waals surface area contributed by atoms with Crippen LogP contribution in [0.15, 0.2) is 60.7 Å². The number of benzene rings is 1. The summed E-state index contributed by atoms with van der Waals surface area (Å²) in [6, 6.07) is 19.1. The lowest BCUT2D eigenvalue weighted by Crippen LogP contribution is -2.29. The second-order valence-corrected chi connectivity index (χ2v) is 9.39. The number of nitrogens with zero attached hydrogens (tertiary/aromatic N) is 5. The summed E-state index contributed by atoms with van der Waals surface area (Å²) < 4.78 is 13.6. The molecule has 0 unspecified atom stereocenters. The Morgan fingerprint density at radius 3 is 2.71 bits per heavy atom. The summed E-state index contributed by atoms with van der Waals surface area (Å²) in [6.45, 7) is 2.29. The number of hydrogen-bond acceptors (Lipinski definition) is 8. The summed E-state index contributed by atoms with van der Waals surface area (Å²) in [5.41, 5.74) is 2.97. The van der Waals surface area contributed by atoms with Crippen LogP contribution in [-0.4, -0.2) is 42.1 Å². The van der Waals surface area contributed by atoms with Crippen molar-refractivity contribution in [2.45, 2.75) is 45.3 Å². The standard InChI is InChI=1S/C28H30N6O4/c1-18-23(38-21-11-6-10-20(16-21)28(35)36)15-14-22(29-18)26-27(34(2)33-32-26)31-24-12-7-13-25(30-24)37-17-19-8-4-3-5-9-19/h3-5,7-9,12-15,20-21H,6,10-11,16-17H2,1-2H3,(H,30,31)(H,35,36)/t20-,21-/m0/s1. The van der Waals surface area contributed by atoms with Crippen LogP contribution in [0, 0.1) is 12.8 Å². The Morgan fingerprint density at radius 2 is 1.92 bits per heavy atom. The average Bonchev–Trinajstić information content (AvgIpc) is 3.29. The maximum absolute atomic E-state index is 11.4. The van der Waals surface area contributed by atoms with Gasteiger partial charge >= 0.3 is 5.97 Å². The highest BCUT2D eigenvalue weighted by molar-refractivity contribution is 5.72. The monoisotopic (exact) mass is 514 g/mol. The molecule has 196 valence electrons. The van der Waals surface area contributed by atoms with E-state index in [4.69, 9.17) is 14.5 Å². The number of nitrogens with one attached hydrogen (secondary N) is 1. The Bertz CT molecular complexity index is 1410. The second kappa shape index (κ2) is 11.3.